The van der Waals surface area contributed by atoms with Crippen LogP contribution in [0.4, 0.5) is 5.13 Å². The lowest BCUT2D eigenvalue weighted by Gasteiger charge is -2.00. The fourth-order valence-electron chi connectivity index (χ4n) is 1.07. The van der Waals surface area contributed by atoms with Gasteiger partial charge in [0.25, 0.3) is 10.0 Å². The summed E-state index contributed by atoms with van der Waals surface area (Å²) >= 11 is 5.67. The molecule has 0 aliphatic carbocycles. The number of anilines is 1. The van der Waals surface area contributed by atoms with Gasteiger partial charge in [0.15, 0.2) is 0 Å². The van der Waals surface area contributed by atoms with Gasteiger partial charge in [0.1, 0.15) is 9.22 Å². The van der Waals surface area contributed by atoms with Gasteiger partial charge in [-0.3, -0.25) is 4.72 Å². The van der Waals surface area contributed by atoms with Gasteiger partial charge in [0.05, 0.1) is 3.79 Å². The molecule has 0 fully saturated rings. The van der Waals surface area contributed by atoms with Crippen molar-refractivity contribution < 1.29 is 8.42 Å². The standard InChI is InChI=1S/C8H8BrN3O2S3/c1-4-3-6(16-7(4)9)17(13,14)12-8-11-10-5(2)15-8/h3H,1-2H3,(H,11,12). The van der Waals surface area contributed by atoms with Crippen LogP contribution in [-0.2, 0) is 10.0 Å². The van der Waals surface area contributed by atoms with Gasteiger partial charge in [0, 0.05) is 0 Å². The quantitative estimate of drug-likeness (QED) is 0.920. The van der Waals surface area contributed by atoms with Crippen LogP contribution >= 0.6 is 38.6 Å². The van der Waals surface area contributed by atoms with E-state index in [1.807, 2.05) is 6.92 Å². The summed E-state index contributed by atoms with van der Waals surface area (Å²) in [7, 11) is -3.56. The first-order valence-corrected chi connectivity index (χ1v) is 8.38. The SMILES string of the molecule is Cc1nnc(NS(=O)(=O)c2cc(C)c(Br)s2)s1. The summed E-state index contributed by atoms with van der Waals surface area (Å²) in [5.74, 6) is 0. The van der Waals surface area contributed by atoms with Gasteiger partial charge >= 0.3 is 0 Å². The molecule has 0 bridgehead atoms. The van der Waals surface area contributed by atoms with Crippen molar-refractivity contribution in [1.29, 1.82) is 0 Å². The summed E-state index contributed by atoms with van der Waals surface area (Å²) in [6, 6.07) is 1.62. The van der Waals surface area contributed by atoms with E-state index in [-0.39, 0.29) is 9.34 Å². The third kappa shape index (κ3) is 2.84. The summed E-state index contributed by atoms with van der Waals surface area (Å²) in [5.41, 5.74) is 0.892. The van der Waals surface area contributed by atoms with Gasteiger partial charge in [-0.05, 0) is 41.4 Å². The lowest BCUT2D eigenvalue weighted by Crippen LogP contribution is -2.11. The maximum absolute atomic E-state index is 12.0. The smallest absolute Gasteiger partial charge is 0.253 e. The second-order valence-corrected chi connectivity index (χ2v) is 8.71. The van der Waals surface area contributed by atoms with Crippen molar-refractivity contribution in [2.75, 3.05) is 4.72 Å². The van der Waals surface area contributed by atoms with Crippen LogP contribution in [0.1, 0.15) is 10.6 Å². The molecule has 0 amide bonds. The Morgan fingerprint density at radius 3 is 2.47 bits per heavy atom. The van der Waals surface area contributed by atoms with Crippen molar-refractivity contribution >= 4 is 53.8 Å². The molecule has 17 heavy (non-hydrogen) atoms. The van der Waals surface area contributed by atoms with E-state index in [4.69, 9.17) is 0 Å². The molecule has 0 radical (unpaired) electrons. The molecule has 2 aromatic heterocycles. The van der Waals surface area contributed by atoms with E-state index in [2.05, 4.69) is 30.8 Å². The van der Waals surface area contributed by atoms with Crippen LogP contribution in [0, 0.1) is 13.8 Å². The van der Waals surface area contributed by atoms with Crippen LogP contribution in [0.15, 0.2) is 14.1 Å². The topological polar surface area (TPSA) is 72.0 Å². The van der Waals surface area contributed by atoms with E-state index in [1.165, 1.54) is 22.7 Å². The van der Waals surface area contributed by atoms with Crippen LogP contribution in [-0.4, -0.2) is 18.6 Å². The average molecular weight is 354 g/mol. The zero-order chi connectivity index (χ0) is 12.6. The summed E-state index contributed by atoms with van der Waals surface area (Å²) in [5, 5.41) is 8.48. The zero-order valence-corrected chi connectivity index (χ0v) is 12.9. The monoisotopic (exact) mass is 353 g/mol. The largest absolute Gasteiger partial charge is 0.273 e. The number of thiophene rings is 1. The minimum Gasteiger partial charge on any atom is -0.253 e. The van der Waals surface area contributed by atoms with Gasteiger partial charge in [-0.1, -0.05) is 11.3 Å². The molecule has 0 atom stereocenters. The second kappa shape index (κ2) is 4.63. The fraction of sp³-hybridized carbons (Fsp3) is 0.250. The van der Waals surface area contributed by atoms with Crippen molar-refractivity contribution in [3.8, 4) is 0 Å². The highest BCUT2D eigenvalue weighted by atomic mass is 79.9. The Hall–Kier alpha value is -0.510. The highest BCUT2D eigenvalue weighted by molar-refractivity contribution is 9.11. The van der Waals surface area contributed by atoms with E-state index >= 15 is 0 Å². The number of hydrogen-bond donors (Lipinski definition) is 1. The van der Waals surface area contributed by atoms with Crippen molar-refractivity contribution in [3.63, 3.8) is 0 Å². The van der Waals surface area contributed by atoms with Gasteiger partial charge in [0.2, 0.25) is 5.13 Å². The number of hydrogen-bond acceptors (Lipinski definition) is 6. The van der Waals surface area contributed by atoms with Crippen LogP contribution in [0.25, 0.3) is 0 Å². The molecule has 2 aromatic rings. The Morgan fingerprint density at radius 2 is 2.00 bits per heavy atom. The molecule has 0 aliphatic rings. The molecule has 1 N–H and O–H groups in total. The van der Waals surface area contributed by atoms with Crippen molar-refractivity contribution in [2.24, 2.45) is 0 Å². The van der Waals surface area contributed by atoms with Crippen LogP contribution in [0.3, 0.4) is 0 Å². The van der Waals surface area contributed by atoms with Crippen molar-refractivity contribution in [3.05, 3.63) is 20.4 Å². The molecular formula is C8H8BrN3O2S3. The molecule has 92 valence electrons. The predicted octanol–water partition coefficient (Wildman–Crippen LogP) is 2.78. The van der Waals surface area contributed by atoms with Crippen LogP contribution < -0.4 is 4.72 Å². The van der Waals surface area contributed by atoms with E-state index in [0.717, 1.165) is 9.35 Å². The molecular weight excluding hydrogens is 346 g/mol. The van der Waals surface area contributed by atoms with Gasteiger partial charge in [-0.2, -0.15) is 0 Å². The Labute approximate surface area is 115 Å². The van der Waals surface area contributed by atoms with Crippen molar-refractivity contribution in [1.82, 2.24) is 10.2 Å². The predicted molar refractivity (Wildman–Crippen MR) is 72.2 cm³/mol. The van der Waals surface area contributed by atoms with E-state index in [9.17, 15) is 8.42 Å². The summed E-state index contributed by atoms with van der Waals surface area (Å²) in [4.78, 5) is 0. The highest BCUT2D eigenvalue weighted by Crippen LogP contribution is 2.31. The third-order valence-electron chi connectivity index (χ3n) is 1.85. The second-order valence-electron chi connectivity index (χ2n) is 3.25. The van der Waals surface area contributed by atoms with Gasteiger partial charge < -0.3 is 0 Å². The van der Waals surface area contributed by atoms with E-state index < -0.39 is 10.0 Å². The molecule has 2 rings (SSSR count). The van der Waals surface area contributed by atoms with E-state index in [0.29, 0.717) is 5.01 Å². The summed E-state index contributed by atoms with van der Waals surface area (Å²) in [6.45, 7) is 3.61. The molecule has 5 nitrogen and oxygen atoms in total. The average Bonchev–Trinajstić information content (AvgIpc) is 2.75. The fourth-order valence-corrected chi connectivity index (χ4v) is 5.11. The minimum absolute atomic E-state index is 0.259. The Bertz CT molecular complexity index is 627. The lowest BCUT2D eigenvalue weighted by molar-refractivity contribution is 0.603. The van der Waals surface area contributed by atoms with Gasteiger partial charge in [-0.25, -0.2) is 8.42 Å². The normalized spacial score (nSPS) is 11.7. The first-order chi connectivity index (χ1) is 7.88. The highest BCUT2D eigenvalue weighted by Gasteiger charge is 2.19. The number of rotatable bonds is 3. The number of aromatic nitrogens is 2. The number of sulfonamides is 1. The maximum Gasteiger partial charge on any atom is 0.273 e. The number of halogens is 1. The summed E-state index contributed by atoms with van der Waals surface area (Å²) in [6.07, 6.45) is 0. The molecule has 0 aliphatic heterocycles. The Balaban J connectivity index is 2.31. The molecule has 0 spiro atoms. The summed E-state index contributed by atoms with van der Waals surface area (Å²) < 4.78 is 27.5. The third-order valence-corrected chi connectivity index (χ3v) is 6.68. The first-order valence-electron chi connectivity index (χ1n) is 4.47. The van der Waals surface area contributed by atoms with Crippen molar-refractivity contribution in [2.45, 2.75) is 18.1 Å². The lowest BCUT2D eigenvalue weighted by atomic mass is 10.4. The van der Waals surface area contributed by atoms with E-state index in [1.54, 1.807) is 13.0 Å². The first kappa shape index (κ1) is 12.9. The van der Waals surface area contributed by atoms with Crippen LogP contribution in [0.5, 0.6) is 0 Å². The Morgan fingerprint density at radius 1 is 1.29 bits per heavy atom. The molecule has 0 saturated carbocycles. The molecule has 0 saturated heterocycles. The molecule has 0 aromatic carbocycles. The zero-order valence-electron chi connectivity index (χ0n) is 8.89. The maximum atomic E-state index is 12.0. The molecule has 2 heterocycles. The molecule has 0 unspecified atom stereocenters. The number of aryl methyl sites for hydroxylation is 2. The van der Waals surface area contributed by atoms with Gasteiger partial charge in [-0.15, -0.1) is 21.5 Å². The molecule has 9 heteroatoms. The number of nitrogens with one attached hydrogen (secondary N) is 1. The Kier molecular flexibility index (Phi) is 3.53. The minimum atomic E-state index is -3.56. The number of nitrogens with zero attached hydrogens (tertiary/aromatic N) is 2. The van der Waals surface area contributed by atoms with Crippen LogP contribution in [0.2, 0.25) is 0 Å².